The molecule has 2 aromatic carbocycles. The summed E-state index contributed by atoms with van der Waals surface area (Å²) < 4.78 is 4.81. The number of nitrogens with zero attached hydrogens (tertiary/aromatic N) is 2. The summed E-state index contributed by atoms with van der Waals surface area (Å²) in [5, 5.41) is 2.80. The van der Waals surface area contributed by atoms with Gasteiger partial charge in [-0.2, -0.15) is 0 Å². The Morgan fingerprint density at radius 1 is 0.925 bits per heavy atom. The lowest BCUT2D eigenvalue weighted by atomic mass is 10.0. The van der Waals surface area contributed by atoms with Crippen LogP contribution in [0.2, 0.25) is 0 Å². The van der Waals surface area contributed by atoms with Gasteiger partial charge >= 0.3 is 5.97 Å². The van der Waals surface area contributed by atoms with E-state index in [-0.39, 0.29) is 29.8 Å². The number of benzene rings is 2. The molecule has 1 heterocycles. The van der Waals surface area contributed by atoms with Crippen molar-refractivity contribution in [2.75, 3.05) is 7.11 Å². The molecule has 0 aliphatic carbocycles. The number of nitrogens with two attached hydrogens (primary N) is 1. The summed E-state index contributed by atoms with van der Waals surface area (Å²) >= 11 is 0. The number of carbonyl (C=O) groups excluding carboxylic acids is 4. The number of rotatable bonds is 11. The molecule has 1 saturated heterocycles. The molecule has 1 fully saturated rings. The maximum atomic E-state index is 12.5. The van der Waals surface area contributed by atoms with E-state index in [1.54, 1.807) is 4.90 Å². The Labute approximate surface area is 238 Å². The van der Waals surface area contributed by atoms with Crippen LogP contribution in [0.5, 0.6) is 0 Å². The maximum Gasteiger partial charge on any atom is 0.328 e. The van der Waals surface area contributed by atoms with Crippen molar-refractivity contribution < 1.29 is 23.9 Å². The van der Waals surface area contributed by atoms with E-state index in [2.05, 4.69) is 5.32 Å². The molecule has 1 aliphatic heterocycles. The third-order valence-electron chi connectivity index (χ3n) is 7.04. The van der Waals surface area contributed by atoms with Gasteiger partial charge in [0.1, 0.15) is 18.1 Å². The highest BCUT2D eigenvalue weighted by atomic mass is 16.5. The van der Waals surface area contributed by atoms with E-state index in [1.165, 1.54) is 12.0 Å². The van der Waals surface area contributed by atoms with Gasteiger partial charge in [-0.3, -0.25) is 14.4 Å². The van der Waals surface area contributed by atoms with Crippen LogP contribution in [0.15, 0.2) is 60.7 Å². The van der Waals surface area contributed by atoms with Crippen LogP contribution in [0, 0.1) is 0 Å². The summed E-state index contributed by atoms with van der Waals surface area (Å²) in [6, 6.07) is 17.4. The fourth-order valence-corrected chi connectivity index (χ4v) is 4.64. The lowest BCUT2D eigenvalue weighted by Gasteiger charge is -2.38. The Kier molecular flexibility index (Phi) is 13.3. The molecule has 1 aliphatic rings. The van der Waals surface area contributed by atoms with Gasteiger partial charge in [-0.05, 0) is 36.8 Å². The van der Waals surface area contributed by atoms with Crippen LogP contribution in [0.3, 0.4) is 0 Å². The third kappa shape index (κ3) is 8.64. The van der Waals surface area contributed by atoms with E-state index in [9.17, 15) is 19.2 Å². The second kappa shape index (κ2) is 16.4. The first-order chi connectivity index (χ1) is 19.2. The molecule has 0 bridgehead atoms. The van der Waals surface area contributed by atoms with E-state index in [1.807, 2.05) is 88.4 Å². The predicted octanol–water partition coefficient (Wildman–Crippen LogP) is 3.41. The molecule has 9 nitrogen and oxygen atoms in total. The summed E-state index contributed by atoms with van der Waals surface area (Å²) in [6.45, 7) is 8.40. The Morgan fingerprint density at radius 2 is 1.50 bits per heavy atom. The maximum absolute atomic E-state index is 12.5. The smallest absolute Gasteiger partial charge is 0.328 e. The van der Waals surface area contributed by atoms with E-state index in [0.717, 1.165) is 11.1 Å². The third-order valence-corrected chi connectivity index (χ3v) is 7.04. The minimum atomic E-state index is -0.611. The molecule has 0 aromatic heterocycles. The zero-order valence-electron chi connectivity index (χ0n) is 24.3. The summed E-state index contributed by atoms with van der Waals surface area (Å²) in [4.78, 5) is 52.1. The summed E-state index contributed by atoms with van der Waals surface area (Å²) in [7, 11) is 1.33. The average molecular weight is 553 g/mol. The van der Waals surface area contributed by atoms with E-state index in [4.69, 9.17) is 10.5 Å². The van der Waals surface area contributed by atoms with Gasteiger partial charge in [0.25, 0.3) is 0 Å². The molecule has 0 unspecified atom stereocenters. The van der Waals surface area contributed by atoms with Crippen molar-refractivity contribution in [1.29, 1.82) is 0 Å². The molecule has 0 radical (unpaired) electrons. The molecule has 3 amide bonds. The van der Waals surface area contributed by atoms with Crippen LogP contribution in [0.1, 0.15) is 64.5 Å². The normalized spacial score (nSPS) is 18.1. The van der Waals surface area contributed by atoms with Crippen molar-refractivity contribution in [3.8, 4) is 0 Å². The zero-order chi connectivity index (χ0) is 29.7. The Hall–Kier alpha value is -3.72. The molecule has 9 heteroatoms. The monoisotopic (exact) mass is 552 g/mol. The highest BCUT2D eigenvalue weighted by Gasteiger charge is 2.38. The highest BCUT2D eigenvalue weighted by Crippen LogP contribution is 2.18. The molecule has 0 saturated carbocycles. The van der Waals surface area contributed by atoms with Crippen molar-refractivity contribution in [2.24, 2.45) is 5.73 Å². The first kappa shape index (κ1) is 32.5. The molecule has 218 valence electrons. The van der Waals surface area contributed by atoms with Gasteiger partial charge in [0.05, 0.1) is 13.2 Å². The van der Waals surface area contributed by atoms with E-state index < -0.39 is 18.1 Å². The zero-order valence-corrected chi connectivity index (χ0v) is 24.3. The topological polar surface area (TPSA) is 122 Å². The quantitative estimate of drug-likeness (QED) is 0.412. The fraction of sp³-hybridized carbons (Fsp3) is 0.484. The number of esters is 1. The molecule has 3 rings (SSSR count). The van der Waals surface area contributed by atoms with Crippen LogP contribution in [0.25, 0.3) is 0 Å². The van der Waals surface area contributed by atoms with Gasteiger partial charge < -0.3 is 25.6 Å². The predicted molar refractivity (Wildman–Crippen MR) is 155 cm³/mol. The summed E-state index contributed by atoms with van der Waals surface area (Å²) in [5.41, 5.74) is 7.87. The Bertz CT molecular complexity index is 1100. The summed E-state index contributed by atoms with van der Waals surface area (Å²) in [6.07, 6.45) is 2.29. The van der Waals surface area contributed by atoms with E-state index >= 15 is 0 Å². The van der Waals surface area contributed by atoms with Gasteiger partial charge in [-0.25, -0.2) is 4.79 Å². The van der Waals surface area contributed by atoms with E-state index in [0.29, 0.717) is 38.8 Å². The van der Waals surface area contributed by atoms with Gasteiger partial charge in [0, 0.05) is 13.1 Å². The number of methoxy groups -OCH3 is 1. The number of hydrogen-bond donors (Lipinski definition) is 2. The van der Waals surface area contributed by atoms with Crippen molar-refractivity contribution in [3.63, 3.8) is 0 Å². The molecular formula is C31H44N4O5. The molecule has 40 heavy (non-hydrogen) atoms. The molecule has 3 N–H and O–H groups in total. The highest BCUT2D eigenvalue weighted by molar-refractivity contribution is 5.96. The molecule has 0 spiro atoms. The Balaban J connectivity index is 0.000000281. The first-order valence-electron chi connectivity index (χ1n) is 14.0. The largest absolute Gasteiger partial charge is 0.467 e. The lowest BCUT2D eigenvalue weighted by molar-refractivity contribution is -0.154. The van der Waals surface area contributed by atoms with Crippen LogP contribution in [0.4, 0.5) is 0 Å². The standard InChI is InChI=1S/C16H24N2O3.C15H20N2O2/c1-4-13(17)15(19)18(14(5-2)16(20)21-3)11-12-9-7-6-8-10-12;1-3-12-15(19)17(13(4-2)14(18)16-12)10-11-8-6-5-7-9-11/h6-10,13-14H,4-5,11,17H2,1-3H3;5-9,12-13H,3-4,10H2,1-2H3,(H,16,18)/t13-,14+;12-,13+/m11/s1. The van der Waals surface area contributed by atoms with Gasteiger partial charge in [0.2, 0.25) is 17.7 Å². The number of nitrogens with one attached hydrogen (secondary N) is 1. The van der Waals surface area contributed by atoms with Gasteiger partial charge in [-0.1, -0.05) is 88.4 Å². The first-order valence-corrected chi connectivity index (χ1v) is 14.0. The molecular weight excluding hydrogens is 508 g/mol. The lowest BCUT2D eigenvalue weighted by Crippen LogP contribution is -2.62. The minimum absolute atomic E-state index is 0.0257. The van der Waals surface area contributed by atoms with Gasteiger partial charge in [0.15, 0.2) is 0 Å². The van der Waals surface area contributed by atoms with Crippen molar-refractivity contribution in [1.82, 2.24) is 15.1 Å². The second-order valence-electron chi connectivity index (χ2n) is 9.76. The average Bonchev–Trinajstić information content (AvgIpc) is 2.99. The van der Waals surface area contributed by atoms with Crippen molar-refractivity contribution >= 4 is 23.7 Å². The van der Waals surface area contributed by atoms with Crippen molar-refractivity contribution in [2.45, 2.75) is 90.6 Å². The Morgan fingerprint density at radius 3 is 1.98 bits per heavy atom. The van der Waals surface area contributed by atoms with Crippen LogP contribution in [-0.4, -0.2) is 64.8 Å². The van der Waals surface area contributed by atoms with Crippen LogP contribution in [-0.2, 0) is 37.0 Å². The minimum Gasteiger partial charge on any atom is -0.467 e. The SMILES string of the molecule is CC[C@@H](N)C(=O)N(Cc1ccccc1)[C@@H](CC)C(=O)OC.CC[C@H]1NC(=O)[C@H](CC)N(Cc2ccccc2)C1=O. The molecule has 2 aromatic rings. The fourth-order valence-electron chi connectivity index (χ4n) is 4.64. The number of carbonyl (C=O) groups is 4. The number of hydrogen-bond acceptors (Lipinski definition) is 6. The van der Waals surface area contributed by atoms with Crippen molar-refractivity contribution in [3.05, 3.63) is 71.8 Å². The number of ether oxygens (including phenoxy) is 1. The number of amides is 3. The van der Waals surface area contributed by atoms with Gasteiger partial charge in [-0.15, -0.1) is 0 Å². The van der Waals surface area contributed by atoms with Crippen LogP contribution >= 0.6 is 0 Å². The summed E-state index contributed by atoms with van der Waals surface area (Å²) in [5.74, 6) is -0.647. The second-order valence-corrected chi connectivity index (χ2v) is 9.76. The number of piperazine rings is 1. The van der Waals surface area contributed by atoms with Crippen LogP contribution < -0.4 is 11.1 Å². The molecule has 4 atom stereocenters.